The van der Waals surface area contributed by atoms with Crippen LogP contribution in [-0.2, 0) is 24.0 Å². The Hall–Kier alpha value is -2.90. The predicted molar refractivity (Wildman–Crippen MR) is 115 cm³/mol. The standard InChI is InChI=1S/C23H32N2O6/c1-4-23(5-2,22(29)31-25-15(3)26)21(28)30-14-20(27)18-13-17(11-12-19(18)24)16-9-7-6-8-10-16/h11-13,16H,4-10,14,24H2,1-3H3,(H,25,26). The van der Waals surface area contributed by atoms with Gasteiger partial charge in [0.25, 0.3) is 0 Å². The number of hydrogen-bond acceptors (Lipinski definition) is 7. The second kappa shape index (κ2) is 10.9. The summed E-state index contributed by atoms with van der Waals surface area (Å²) in [7, 11) is 0. The SMILES string of the molecule is CCC(CC)(C(=O)OCC(=O)c1cc(C2CCCCC2)ccc1N)C(=O)ONC(C)=O. The molecule has 2 rings (SSSR count). The Bertz CT molecular complexity index is 825. The molecule has 0 heterocycles. The number of nitrogens with one attached hydrogen (secondary N) is 1. The first kappa shape index (κ1) is 24.4. The molecule has 31 heavy (non-hydrogen) atoms. The molecule has 0 aliphatic heterocycles. The highest BCUT2D eigenvalue weighted by Gasteiger charge is 2.46. The lowest BCUT2D eigenvalue weighted by atomic mass is 9.82. The maximum atomic E-state index is 12.8. The minimum Gasteiger partial charge on any atom is -0.456 e. The van der Waals surface area contributed by atoms with Gasteiger partial charge in [-0.05, 0) is 49.3 Å². The number of hydroxylamine groups is 1. The molecule has 0 atom stereocenters. The fourth-order valence-corrected chi connectivity index (χ4v) is 3.98. The van der Waals surface area contributed by atoms with Crippen molar-refractivity contribution in [3.8, 4) is 0 Å². The Morgan fingerprint density at radius 1 is 1.06 bits per heavy atom. The number of nitrogen functional groups attached to an aromatic ring is 1. The van der Waals surface area contributed by atoms with E-state index in [-0.39, 0.29) is 12.8 Å². The van der Waals surface area contributed by atoms with E-state index in [0.29, 0.717) is 17.2 Å². The third-order valence-corrected chi connectivity index (χ3v) is 6.06. The van der Waals surface area contributed by atoms with Crippen molar-refractivity contribution in [3.05, 3.63) is 29.3 Å². The van der Waals surface area contributed by atoms with Crippen molar-refractivity contribution in [2.24, 2.45) is 5.41 Å². The van der Waals surface area contributed by atoms with Crippen molar-refractivity contribution in [3.63, 3.8) is 0 Å². The number of anilines is 1. The zero-order valence-electron chi connectivity index (χ0n) is 18.5. The highest BCUT2D eigenvalue weighted by atomic mass is 16.7. The van der Waals surface area contributed by atoms with Gasteiger partial charge in [-0.1, -0.05) is 39.2 Å². The largest absolute Gasteiger partial charge is 0.456 e. The van der Waals surface area contributed by atoms with Crippen molar-refractivity contribution in [1.29, 1.82) is 0 Å². The number of carbonyl (C=O) groups excluding carboxylic acids is 4. The fourth-order valence-electron chi connectivity index (χ4n) is 3.98. The van der Waals surface area contributed by atoms with Crippen LogP contribution in [0.5, 0.6) is 0 Å². The van der Waals surface area contributed by atoms with Crippen LogP contribution < -0.4 is 11.2 Å². The van der Waals surface area contributed by atoms with Crippen LogP contribution in [0.25, 0.3) is 0 Å². The maximum Gasteiger partial charge on any atom is 0.349 e. The van der Waals surface area contributed by atoms with Crippen LogP contribution in [0.4, 0.5) is 5.69 Å². The van der Waals surface area contributed by atoms with E-state index >= 15 is 0 Å². The van der Waals surface area contributed by atoms with Gasteiger partial charge in [0, 0.05) is 18.2 Å². The minimum atomic E-state index is -1.61. The van der Waals surface area contributed by atoms with E-state index < -0.39 is 35.7 Å². The number of rotatable bonds is 8. The van der Waals surface area contributed by atoms with E-state index in [9.17, 15) is 19.2 Å². The zero-order chi connectivity index (χ0) is 23.0. The number of esters is 1. The third kappa shape index (κ3) is 5.83. The van der Waals surface area contributed by atoms with Gasteiger partial charge in [-0.15, -0.1) is 0 Å². The molecule has 0 unspecified atom stereocenters. The topological polar surface area (TPSA) is 125 Å². The molecular weight excluding hydrogens is 400 g/mol. The first-order valence-electron chi connectivity index (χ1n) is 10.8. The van der Waals surface area contributed by atoms with Crippen molar-refractivity contribution in [2.75, 3.05) is 12.3 Å². The maximum absolute atomic E-state index is 12.8. The van der Waals surface area contributed by atoms with Gasteiger partial charge >= 0.3 is 11.9 Å². The molecule has 1 fully saturated rings. The number of Topliss-reactive ketones (excluding diaryl/α,β-unsaturated/α-hetero) is 1. The van der Waals surface area contributed by atoms with Gasteiger partial charge in [0.1, 0.15) is 0 Å². The number of nitrogens with two attached hydrogens (primary N) is 1. The van der Waals surface area contributed by atoms with Gasteiger partial charge in [0.2, 0.25) is 11.7 Å². The predicted octanol–water partition coefficient (Wildman–Crippen LogP) is 3.44. The average Bonchev–Trinajstić information content (AvgIpc) is 2.78. The molecule has 0 bridgehead atoms. The lowest BCUT2D eigenvalue weighted by Crippen LogP contribution is -2.44. The summed E-state index contributed by atoms with van der Waals surface area (Å²) in [6, 6.07) is 5.46. The summed E-state index contributed by atoms with van der Waals surface area (Å²) in [5, 5.41) is 0. The lowest BCUT2D eigenvalue weighted by molar-refractivity contribution is -0.179. The molecular formula is C23H32N2O6. The van der Waals surface area contributed by atoms with E-state index in [1.807, 2.05) is 11.5 Å². The van der Waals surface area contributed by atoms with Crippen LogP contribution >= 0.6 is 0 Å². The van der Waals surface area contributed by atoms with Gasteiger partial charge in [-0.2, -0.15) is 5.48 Å². The monoisotopic (exact) mass is 432 g/mol. The Morgan fingerprint density at radius 2 is 1.71 bits per heavy atom. The summed E-state index contributed by atoms with van der Waals surface area (Å²) < 4.78 is 5.22. The van der Waals surface area contributed by atoms with Crippen LogP contribution in [0.3, 0.4) is 0 Å². The van der Waals surface area contributed by atoms with Gasteiger partial charge in [-0.3, -0.25) is 14.4 Å². The Kier molecular flexibility index (Phi) is 8.59. The number of carbonyl (C=O) groups is 4. The molecule has 3 N–H and O–H groups in total. The van der Waals surface area contributed by atoms with Gasteiger partial charge in [-0.25, -0.2) is 4.79 Å². The highest BCUT2D eigenvalue weighted by Crippen LogP contribution is 2.34. The van der Waals surface area contributed by atoms with E-state index in [0.717, 1.165) is 18.4 Å². The molecule has 0 aromatic heterocycles. The third-order valence-electron chi connectivity index (χ3n) is 6.06. The summed E-state index contributed by atoms with van der Waals surface area (Å²) in [5.41, 5.74) is 8.03. The van der Waals surface area contributed by atoms with E-state index in [1.165, 1.54) is 26.2 Å². The number of amides is 1. The lowest BCUT2D eigenvalue weighted by Gasteiger charge is -2.26. The fraction of sp³-hybridized carbons (Fsp3) is 0.565. The van der Waals surface area contributed by atoms with Gasteiger partial charge in [0.05, 0.1) is 0 Å². The summed E-state index contributed by atoms with van der Waals surface area (Å²) in [5.74, 6) is -2.40. The quantitative estimate of drug-likeness (QED) is 0.212. The molecule has 1 saturated carbocycles. The van der Waals surface area contributed by atoms with Crippen molar-refractivity contribution >= 4 is 29.3 Å². The second-order valence-electron chi connectivity index (χ2n) is 8.02. The minimum absolute atomic E-state index is 0.0915. The smallest absolute Gasteiger partial charge is 0.349 e. The first-order valence-corrected chi connectivity index (χ1v) is 10.8. The molecule has 1 amide bonds. The van der Waals surface area contributed by atoms with E-state index in [2.05, 4.69) is 0 Å². The van der Waals surface area contributed by atoms with Crippen LogP contribution in [0.15, 0.2) is 18.2 Å². The van der Waals surface area contributed by atoms with Crippen molar-refractivity contribution in [1.82, 2.24) is 5.48 Å². The molecule has 0 spiro atoms. The number of ether oxygens (including phenoxy) is 1. The van der Waals surface area contributed by atoms with Crippen molar-refractivity contribution < 1.29 is 28.8 Å². The molecule has 0 saturated heterocycles. The summed E-state index contributed by atoms with van der Waals surface area (Å²) in [6.45, 7) is 3.91. The molecule has 1 aromatic rings. The Morgan fingerprint density at radius 3 is 2.29 bits per heavy atom. The number of benzene rings is 1. The van der Waals surface area contributed by atoms with Gasteiger partial charge in [0.15, 0.2) is 12.0 Å². The molecule has 0 radical (unpaired) electrons. The molecule has 1 aliphatic carbocycles. The molecule has 170 valence electrons. The van der Waals surface area contributed by atoms with E-state index in [1.54, 1.807) is 26.0 Å². The highest BCUT2D eigenvalue weighted by molar-refractivity contribution is 6.04. The Labute approximate surface area is 182 Å². The summed E-state index contributed by atoms with van der Waals surface area (Å²) in [4.78, 5) is 53.6. The molecule has 1 aromatic carbocycles. The van der Waals surface area contributed by atoms with Crippen LogP contribution in [0, 0.1) is 5.41 Å². The van der Waals surface area contributed by atoms with Gasteiger partial charge < -0.3 is 15.3 Å². The zero-order valence-corrected chi connectivity index (χ0v) is 18.5. The Balaban J connectivity index is 2.10. The van der Waals surface area contributed by atoms with E-state index in [4.69, 9.17) is 15.3 Å². The first-order chi connectivity index (χ1) is 14.7. The number of hydrogen-bond donors (Lipinski definition) is 2. The van der Waals surface area contributed by atoms with Crippen molar-refractivity contribution in [2.45, 2.75) is 71.6 Å². The summed E-state index contributed by atoms with van der Waals surface area (Å²) in [6.07, 6.45) is 5.91. The average molecular weight is 433 g/mol. The molecule has 1 aliphatic rings. The van der Waals surface area contributed by atoms with Crippen LogP contribution in [0.2, 0.25) is 0 Å². The molecule has 8 nitrogen and oxygen atoms in total. The normalized spacial score (nSPS) is 14.5. The number of ketones is 1. The molecule has 8 heteroatoms. The second-order valence-corrected chi connectivity index (χ2v) is 8.02. The summed E-state index contributed by atoms with van der Waals surface area (Å²) >= 11 is 0. The van der Waals surface area contributed by atoms with Crippen LogP contribution in [-0.4, -0.2) is 30.2 Å². The van der Waals surface area contributed by atoms with Crippen LogP contribution in [0.1, 0.15) is 87.6 Å².